The first-order chi connectivity index (χ1) is 9.65. The monoisotopic (exact) mass is 275 g/mol. The first-order valence-electron chi connectivity index (χ1n) is 7.66. The Morgan fingerprint density at radius 1 is 1.30 bits per heavy atom. The van der Waals surface area contributed by atoms with E-state index in [2.05, 4.69) is 29.5 Å². The first kappa shape index (κ1) is 14.8. The Morgan fingerprint density at radius 3 is 2.65 bits per heavy atom. The van der Waals surface area contributed by atoms with E-state index in [1.807, 2.05) is 6.07 Å². The van der Waals surface area contributed by atoms with Gasteiger partial charge >= 0.3 is 0 Å². The number of aromatic nitrogens is 1. The van der Waals surface area contributed by atoms with Gasteiger partial charge in [0.1, 0.15) is 5.69 Å². The van der Waals surface area contributed by atoms with E-state index in [9.17, 15) is 4.79 Å². The lowest BCUT2D eigenvalue weighted by Crippen LogP contribution is -2.28. The van der Waals surface area contributed by atoms with Crippen molar-refractivity contribution in [2.45, 2.75) is 52.0 Å². The predicted molar refractivity (Wildman–Crippen MR) is 81.9 cm³/mol. The van der Waals surface area contributed by atoms with Crippen molar-refractivity contribution in [3.05, 3.63) is 24.0 Å². The summed E-state index contributed by atoms with van der Waals surface area (Å²) in [6.45, 7) is 4.83. The van der Waals surface area contributed by atoms with Crippen LogP contribution in [-0.2, 0) is 0 Å². The highest BCUT2D eigenvalue weighted by Crippen LogP contribution is 2.21. The molecule has 0 atom stereocenters. The van der Waals surface area contributed by atoms with Crippen LogP contribution >= 0.6 is 0 Å². The molecule has 1 aliphatic carbocycles. The number of carbonyl (C=O) groups excluding carboxylic acids is 1. The molecule has 0 radical (unpaired) electrons. The molecule has 0 saturated heterocycles. The topological polar surface area (TPSA) is 54.0 Å². The zero-order valence-corrected chi connectivity index (χ0v) is 12.5. The predicted octanol–water partition coefficient (Wildman–Crippen LogP) is 3.21. The summed E-state index contributed by atoms with van der Waals surface area (Å²) < 4.78 is 0. The number of amides is 1. The van der Waals surface area contributed by atoms with Crippen LogP contribution < -0.4 is 10.6 Å². The fourth-order valence-electron chi connectivity index (χ4n) is 2.48. The lowest BCUT2D eigenvalue weighted by molar-refractivity contribution is 0.0944. The van der Waals surface area contributed by atoms with Crippen LogP contribution in [0.2, 0.25) is 0 Å². The Labute approximate surface area is 121 Å². The molecule has 1 saturated carbocycles. The van der Waals surface area contributed by atoms with Crippen molar-refractivity contribution in [1.82, 2.24) is 10.3 Å². The van der Waals surface area contributed by atoms with Crippen LogP contribution in [0, 0.1) is 5.92 Å². The fourth-order valence-corrected chi connectivity index (χ4v) is 2.48. The molecule has 0 aromatic carbocycles. The van der Waals surface area contributed by atoms with Crippen LogP contribution in [0.25, 0.3) is 0 Å². The SMILES string of the molecule is CC(C)CNC(=O)c1ccc(NC2CCCCC2)cn1. The molecule has 0 bridgehead atoms. The molecule has 110 valence electrons. The summed E-state index contributed by atoms with van der Waals surface area (Å²) in [6, 6.07) is 4.30. The van der Waals surface area contributed by atoms with E-state index in [4.69, 9.17) is 0 Å². The minimum Gasteiger partial charge on any atom is -0.381 e. The van der Waals surface area contributed by atoms with Gasteiger partial charge in [0.05, 0.1) is 11.9 Å². The second-order valence-corrected chi connectivity index (χ2v) is 6.02. The number of nitrogens with zero attached hydrogens (tertiary/aromatic N) is 1. The van der Waals surface area contributed by atoms with Crippen molar-refractivity contribution < 1.29 is 4.79 Å². The maximum absolute atomic E-state index is 11.9. The molecule has 4 nitrogen and oxygen atoms in total. The van der Waals surface area contributed by atoms with Gasteiger partial charge in [-0.05, 0) is 30.9 Å². The Balaban J connectivity index is 1.87. The third-order valence-corrected chi connectivity index (χ3v) is 3.64. The van der Waals surface area contributed by atoms with E-state index in [0.29, 0.717) is 24.2 Å². The number of rotatable bonds is 5. The minimum absolute atomic E-state index is 0.0945. The van der Waals surface area contributed by atoms with E-state index >= 15 is 0 Å². The molecular formula is C16H25N3O. The van der Waals surface area contributed by atoms with Gasteiger partial charge < -0.3 is 10.6 Å². The third kappa shape index (κ3) is 4.51. The maximum atomic E-state index is 11.9. The van der Waals surface area contributed by atoms with Crippen LogP contribution in [-0.4, -0.2) is 23.5 Å². The molecule has 1 aromatic rings. The van der Waals surface area contributed by atoms with Gasteiger partial charge in [0.25, 0.3) is 5.91 Å². The molecule has 20 heavy (non-hydrogen) atoms. The highest BCUT2D eigenvalue weighted by Gasteiger charge is 2.13. The third-order valence-electron chi connectivity index (χ3n) is 3.64. The summed E-state index contributed by atoms with van der Waals surface area (Å²) in [5.74, 6) is 0.356. The summed E-state index contributed by atoms with van der Waals surface area (Å²) >= 11 is 0. The Morgan fingerprint density at radius 2 is 2.05 bits per heavy atom. The number of pyridine rings is 1. The molecule has 0 aliphatic heterocycles. The fraction of sp³-hybridized carbons (Fsp3) is 0.625. The van der Waals surface area contributed by atoms with Crippen molar-refractivity contribution in [1.29, 1.82) is 0 Å². The van der Waals surface area contributed by atoms with Gasteiger partial charge in [0, 0.05) is 12.6 Å². The highest BCUT2D eigenvalue weighted by molar-refractivity contribution is 5.92. The number of hydrogen-bond acceptors (Lipinski definition) is 3. The summed E-state index contributed by atoms with van der Waals surface area (Å²) in [6.07, 6.45) is 8.19. The van der Waals surface area contributed by atoms with Crippen LogP contribution in [0.15, 0.2) is 18.3 Å². The summed E-state index contributed by atoms with van der Waals surface area (Å²) in [5.41, 5.74) is 1.50. The summed E-state index contributed by atoms with van der Waals surface area (Å²) in [5, 5.41) is 6.38. The Kier molecular flexibility index (Phi) is 5.39. The van der Waals surface area contributed by atoms with Crippen molar-refractivity contribution >= 4 is 11.6 Å². The summed E-state index contributed by atoms with van der Waals surface area (Å²) in [4.78, 5) is 16.1. The van der Waals surface area contributed by atoms with Gasteiger partial charge in [0.2, 0.25) is 0 Å². The molecule has 1 fully saturated rings. The molecule has 1 heterocycles. The van der Waals surface area contributed by atoms with Crippen LogP contribution in [0.4, 0.5) is 5.69 Å². The van der Waals surface area contributed by atoms with E-state index in [-0.39, 0.29) is 5.91 Å². The zero-order valence-electron chi connectivity index (χ0n) is 12.5. The Bertz CT molecular complexity index is 422. The average molecular weight is 275 g/mol. The second-order valence-electron chi connectivity index (χ2n) is 6.02. The van der Waals surface area contributed by atoms with Gasteiger partial charge in [-0.1, -0.05) is 33.1 Å². The molecular weight excluding hydrogens is 250 g/mol. The number of nitrogens with one attached hydrogen (secondary N) is 2. The van der Waals surface area contributed by atoms with Gasteiger partial charge in [-0.25, -0.2) is 4.98 Å². The van der Waals surface area contributed by atoms with Crippen molar-refractivity contribution in [3.63, 3.8) is 0 Å². The lowest BCUT2D eigenvalue weighted by Gasteiger charge is -2.23. The van der Waals surface area contributed by atoms with Gasteiger partial charge in [-0.3, -0.25) is 4.79 Å². The van der Waals surface area contributed by atoms with Gasteiger partial charge in [-0.2, -0.15) is 0 Å². The first-order valence-corrected chi connectivity index (χ1v) is 7.66. The Hall–Kier alpha value is -1.58. The van der Waals surface area contributed by atoms with Crippen LogP contribution in [0.5, 0.6) is 0 Å². The van der Waals surface area contributed by atoms with E-state index in [1.165, 1.54) is 32.1 Å². The molecule has 4 heteroatoms. The smallest absolute Gasteiger partial charge is 0.269 e. The highest BCUT2D eigenvalue weighted by atomic mass is 16.1. The molecule has 0 unspecified atom stereocenters. The molecule has 2 N–H and O–H groups in total. The van der Waals surface area contributed by atoms with Crippen LogP contribution in [0.1, 0.15) is 56.4 Å². The number of carbonyl (C=O) groups is 1. The normalized spacial score (nSPS) is 16.1. The standard InChI is InChI=1S/C16H25N3O/c1-12(2)10-18-16(20)15-9-8-14(11-17-15)19-13-6-4-3-5-7-13/h8-9,11-13,19H,3-7,10H2,1-2H3,(H,18,20). The minimum atomic E-state index is -0.0945. The van der Waals surface area contributed by atoms with Gasteiger partial charge in [-0.15, -0.1) is 0 Å². The van der Waals surface area contributed by atoms with E-state index in [0.717, 1.165) is 5.69 Å². The molecule has 2 rings (SSSR count). The van der Waals surface area contributed by atoms with E-state index in [1.54, 1.807) is 12.3 Å². The molecule has 1 amide bonds. The zero-order chi connectivity index (χ0) is 14.4. The second kappa shape index (κ2) is 7.27. The largest absolute Gasteiger partial charge is 0.381 e. The van der Waals surface area contributed by atoms with Crippen molar-refractivity contribution in [2.75, 3.05) is 11.9 Å². The molecule has 0 spiro atoms. The maximum Gasteiger partial charge on any atom is 0.269 e. The number of hydrogen-bond donors (Lipinski definition) is 2. The average Bonchev–Trinajstić information content (AvgIpc) is 2.46. The van der Waals surface area contributed by atoms with Crippen LogP contribution in [0.3, 0.4) is 0 Å². The number of anilines is 1. The molecule has 1 aromatic heterocycles. The van der Waals surface area contributed by atoms with Crippen molar-refractivity contribution in [2.24, 2.45) is 5.92 Å². The van der Waals surface area contributed by atoms with Gasteiger partial charge in [0.15, 0.2) is 0 Å². The molecule has 1 aliphatic rings. The van der Waals surface area contributed by atoms with Crippen molar-refractivity contribution in [3.8, 4) is 0 Å². The quantitative estimate of drug-likeness (QED) is 0.867. The van der Waals surface area contributed by atoms with E-state index < -0.39 is 0 Å². The lowest BCUT2D eigenvalue weighted by atomic mass is 9.95. The summed E-state index contributed by atoms with van der Waals surface area (Å²) in [7, 11) is 0.